The maximum atomic E-state index is 12.0. The van der Waals surface area contributed by atoms with Gasteiger partial charge in [0.1, 0.15) is 11.4 Å². The molecule has 0 aromatic carbocycles. The zero-order chi connectivity index (χ0) is 14.0. The number of anilines is 1. The Balaban J connectivity index is 1.99. The van der Waals surface area contributed by atoms with E-state index in [0.717, 1.165) is 25.1 Å². The predicted molar refractivity (Wildman–Crippen MR) is 72.8 cm³/mol. The number of likely N-dealkylation sites (tertiary alicyclic amines) is 1. The number of nitrogens with zero attached hydrogens (tertiary/aromatic N) is 2. The molecule has 0 spiro atoms. The molecule has 1 fully saturated rings. The third kappa shape index (κ3) is 3.62. The van der Waals surface area contributed by atoms with Crippen molar-refractivity contribution in [1.82, 2.24) is 15.1 Å². The van der Waals surface area contributed by atoms with E-state index >= 15 is 0 Å². The number of hydrogen-bond acceptors (Lipinski definition) is 4. The van der Waals surface area contributed by atoms with Crippen molar-refractivity contribution >= 4 is 11.9 Å². The number of carbonyl (C=O) groups excluding carboxylic acids is 1. The van der Waals surface area contributed by atoms with E-state index in [2.05, 4.69) is 10.2 Å². The number of aromatic amines is 1. The van der Waals surface area contributed by atoms with E-state index in [-0.39, 0.29) is 12.0 Å². The van der Waals surface area contributed by atoms with Gasteiger partial charge in [-0.25, -0.2) is 4.79 Å². The van der Waals surface area contributed by atoms with Gasteiger partial charge in [-0.1, -0.05) is 0 Å². The Kier molecular flexibility index (Phi) is 3.68. The van der Waals surface area contributed by atoms with Gasteiger partial charge in [-0.2, -0.15) is 5.10 Å². The minimum atomic E-state index is -0.456. The molecule has 0 aliphatic carbocycles. The highest BCUT2D eigenvalue weighted by Gasteiger charge is 2.29. The van der Waals surface area contributed by atoms with Gasteiger partial charge in [0, 0.05) is 30.8 Å². The second-order valence-electron chi connectivity index (χ2n) is 6.01. The lowest BCUT2D eigenvalue weighted by molar-refractivity contribution is 0.0197. The molecule has 3 N–H and O–H groups in total. The van der Waals surface area contributed by atoms with Gasteiger partial charge in [0.05, 0.1) is 0 Å². The van der Waals surface area contributed by atoms with Crippen LogP contribution in [-0.2, 0) is 4.74 Å². The molecule has 106 valence electrons. The summed E-state index contributed by atoms with van der Waals surface area (Å²) in [6, 6.07) is 1.84. The van der Waals surface area contributed by atoms with Crippen LogP contribution in [0.1, 0.15) is 45.2 Å². The number of H-pyrrole nitrogens is 1. The second-order valence-corrected chi connectivity index (χ2v) is 6.01. The van der Waals surface area contributed by atoms with Crippen LogP contribution in [0, 0.1) is 0 Å². The lowest BCUT2D eigenvalue weighted by atomic mass is 9.95. The van der Waals surface area contributed by atoms with E-state index in [1.165, 1.54) is 0 Å². The number of rotatable bonds is 1. The van der Waals surface area contributed by atoms with Crippen LogP contribution in [0.5, 0.6) is 0 Å². The quantitative estimate of drug-likeness (QED) is 0.815. The van der Waals surface area contributed by atoms with Crippen LogP contribution in [0.4, 0.5) is 10.6 Å². The number of aromatic nitrogens is 2. The highest BCUT2D eigenvalue weighted by atomic mass is 16.6. The fraction of sp³-hybridized carbons (Fsp3) is 0.692. The summed E-state index contributed by atoms with van der Waals surface area (Å²) >= 11 is 0. The highest BCUT2D eigenvalue weighted by molar-refractivity contribution is 5.68. The molecule has 0 saturated carbocycles. The third-order valence-electron chi connectivity index (χ3n) is 3.13. The van der Waals surface area contributed by atoms with Crippen LogP contribution in [0.3, 0.4) is 0 Å². The zero-order valence-electron chi connectivity index (χ0n) is 11.8. The zero-order valence-corrected chi connectivity index (χ0v) is 11.8. The molecule has 1 aromatic heterocycles. The molecule has 1 saturated heterocycles. The van der Waals surface area contributed by atoms with Crippen LogP contribution >= 0.6 is 0 Å². The van der Waals surface area contributed by atoms with Crippen molar-refractivity contribution in [3.05, 3.63) is 11.8 Å². The number of amides is 1. The van der Waals surface area contributed by atoms with E-state index < -0.39 is 5.60 Å². The fourth-order valence-electron chi connectivity index (χ4n) is 2.29. The Bertz CT molecular complexity index is 450. The average molecular weight is 266 g/mol. The van der Waals surface area contributed by atoms with Gasteiger partial charge in [-0.05, 0) is 33.6 Å². The van der Waals surface area contributed by atoms with E-state index in [4.69, 9.17) is 10.5 Å². The summed E-state index contributed by atoms with van der Waals surface area (Å²) in [6.07, 6.45) is 1.74. The Morgan fingerprint density at radius 3 is 2.89 bits per heavy atom. The van der Waals surface area contributed by atoms with Crippen molar-refractivity contribution in [2.75, 3.05) is 18.8 Å². The molecule has 0 bridgehead atoms. The van der Waals surface area contributed by atoms with Gasteiger partial charge in [-0.15, -0.1) is 0 Å². The number of carbonyl (C=O) groups is 1. The van der Waals surface area contributed by atoms with E-state index in [0.29, 0.717) is 12.4 Å². The summed E-state index contributed by atoms with van der Waals surface area (Å²) in [5, 5.41) is 6.87. The molecular weight excluding hydrogens is 244 g/mol. The van der Waals surface area contributed by atoms with Gasteiger partial charge in [0.2, 0.25) is 0 Å². The number of nitrogen functional groups attached to an aromatic ring is 1. The summed E-state index contributed by atoms with van der Waals surface area (Å²) in [5.41, 5.74) is 6.15. The first kappa shape index (κ1) is 13.7. The SMILES string of the molecule is CC(C)(C)OC(=O)N1CCC[C@@H](c2cc(N)n[nH]2)C1. The van der Waals surface area contributed by atoms with Crippen LogP contribution in [0.2, 0.25) is 0 Å². The summed E-state index contributed by atoms with van der Waals surface area (Å²) in [5.74, 6) is 0.746. The molecule has 2 heterocycles. The molecular formula is C13H22N4O2. The molecule has 6 nitrogen and oxygen atoms in total. The largest absolute Gasteiger partial charge is 0.444 e. The van der Waals surface area contributed by atoms with Crippen molar-refractivity contribution in [3.63, 3.8) is 0 Å². The first-order valence-corrected chi connectivity index (χ1v) is 6.64. The number of ether oxygens (including phenoxy) is 1. The van der Waals surface area contributed by atoms with Gasteiger partial charge in [0.25, 0.3) is 0 Å². The normalized spacial score (nSPS) is 20.4. The monoisotopic (exact) mass is 266 g/mol. The highest BCUT2D eigenvalue weighted by Crippen LogP contribution is 2.27. The van der Waals surface area contributed by atoms with Crippen molar-refractivity contribution in [3.8, 4) is 0 Å². The molecule has 2 rings (SSSR count). The standard InChI is InChI=1S/C13H22N4O2/c1-13(2,3)19-12(18)17-6-4-5-9(8-17)10-7-11(14)16-15-10/h7,9H,4-6,8H2,1-3H3,(H3,14,15,16)/t9-/m1/s1. The minimum absolute atomic E-state index is 0.246. The topological polar surface area (TPSA) is 84.2 Å². The summed E-state index contributed by atoms with van der Waals surface area (Å²) in [6.45, 7) is 7.03. The molecule has 6 heteroatoms. The van der Waals surface area contributed by atoms with Crippen molar-refractivity contribution in [2.45, 2.75) is 45.1 Å². The maximum Gasteiger partial charge on any atom is 0.410 e. The molecule has 1 aliphatic heterocycles. The second kappa shape index (κ2) is 5.11. The van der Waals surface area contributed by atoms with Crippen LogP contribution in [0.25, 0.3) is 0 Å². The first-order valence-electron chi connectivity index (χ1n) is 6.64. The van der Waals surface area contributed by atoms with Gasteiger partial charge in [-0.3, -0.25) is 5.10 Å². The van der Waals surface area contributed by atoms with E-state index in [1.54, 1.807) is 4.90 Å². The van der Waals surface area contributed by atoms with Gasteiger partial charge < -0.3 is 15.4 Å². The average Bonchev–Trinajstić information content (AvgIpc) is 2.74. The molecule has 19 heavy (non-hydrogen) atoms. The number of hydrogen-bond donors (Lipinski definition) is 2. The Morgan fingerprint density at radius 1 is 1.58 bits per heavy atom. The van der Waals surface area contributed by atoms with E-state index in [1.807, 2.05) is 26.8 Å². The van der Waals surface area contributed by atoms with Crippen LogP contribution in [-0.4, -0.2) is 39.9 Å². The Hall–Kier alpha value is -1.72. The molecule has 0 radical (unpaired) electrons. The lowest BCUT2D eigenvalue weighted by Gasteiger charge is -2.33. The predicted octanol–water partition coefficient (Wildman–Crippen LogP) is 2.11. The van der Waals surface area contributed by atoms with Gasteiger partial charge in [0.15, 0.2) is 0 Å². The third-order valence-corrected chi connectivity index (χ3v) is 3.13. The fourth-order valence-corrected chi connectivity index (χ4v) is 2.29. The van der Waals surface area contributed by atoms with Crippen LogP contribution in [0.15, 0.2) is 6.07 Å². The summed E-state index contributed by atoms with van der Waals surface area (Å²) in [4.78, 5) is 13.8. The molecule has 1 amide bonds. The van der Waals surface area contributed by atoms with Crippen molar-refractivity contribution < 1.29 is 9.53 Å². The molecule has 1 aromatic rings. The summed E-state index contributed by atoms with van der Waals surface area (Å²) in [7, 11) is 0. The summed E-state index contributed by atoms with van der Waals surface area (Å²) < 4.78 is 5.40. The smallest absolute Gasteiger partial charge is 0.410 e. The molecule has 1 aliphatic rings. The van der Waals surface area contributed by atoms with Crippen LogP contribution < -0.4 is 5.73 Å². The van der Waals surface area contributed by atoms with Crippen molar-refractivity contribution in [2.24, 2.45) is 0 Å². The Labute approximate surface area is 113 Å². The minimum Gasteiger partial charge on any atom is -0.444 e. The lowest BCUT2D eigenvalue weighted by Crippen LogP contribution is -2.42. The van der Waals surface area contributed by atoms with E-state index in [9.17, 15) is 4.79 Å². The number of nitrogens with one attached hydrogen (secondary N) is 1. The molecule has 0 unspecified atom stereocenters. The van der Waals surface area contributed by atoms with Crippen molar-refractivity contribution in [1.29, 1.82) is 0 Å². The number of nitrogens with two attached hydrogens (primary N) is 1. The van der Waals surface area contributed by atoms with Gasteiger partial charge >= 0.3 is 6.09 Å². The Morgan fingerprint density at radius 2 is 2.32 bits per heavy atom. The maximum absolute atomic E-state index is 12.0. The first-order chi connectivity index (χ1) is 8.85. The number of piperidine rings is 1. The molecule has 1 atom stereocenters.